The van der Waals surface area contributed by atoms with E-state index in [9.17, 15) is 9.59 Å². The predicted octanol–water partition coefficient (Wildman–Crippen LogP) is 2.32. The molecule has 23 heavy (non-hydrogen) atoms. The van der Waals surface area contributed by atoms with Crippen molar-refractivity contribution in [3.05, 3.63) is 23.8 Å². The molecular formula is C17H23NO5. The molecule has 0 aliphatic heterocycles. The molecule has 0 spiro atoms. The third-order valence-corrected chi connectivity index (χ3v) is 3.83. The van der Waals surface area contributed by atoms with Gasteiger partial charge in [0.2, 0.25) is 0 Å². The first-order valence-corrected chi connectivity index (χ1v) is 7.75. The second-order valence-electron chi connectivity index (χ2n) is 6.24. The standard InChI is InChI=1S/C17H23NO5/c1-10(2)9-23-15-8-13(22-3)4-5-14(15)16(19)18-12-6-11(7-12)17(20)21/h4-5,8,10-12H,6-7,9H2,1-3H3,(H,18,19)(H,20,21). The lowest BCUT2D eigenvalue weighted by molar-refractivity contribution is -0.145. The molecule has 0 bridgehead atoms. The molecule has 1 aliphatic carbocycles. The first-order chi connectivity index (χ1) is 10.9. The van der Waals surface area contributed by atoms with Crippen LogP contribution in [0.4, 0.5) is 0 Å². The van der Waals surface area contributed by atoms with Crippen LogP contribution in [0.15, 0.2) is 18.2 Å². The topological polar surface area (TPSA) is 84.9 Å². The monoisotopic (exact) mass is 321 g/mol. The molecule has 0 aromatic heterocycles. The molecule has 1 fully saturated rings. The van der Waals surface area contributed by atoms with Crippen molar-refractivity contribution in [2.45, 2.75) is 32.7 Å². The molecule has 0 heterocycles. The average Bonchev–Trinajstić information content (AvgIpc) is 2.47. The highest BCUT2D eigenvalue weighted by molar-refractivity contribution is 5.97. The molecule has 0 unspecified atom stereocenters. The number of carbonyl (C=O) groups excluding carboxylic acids is 1. The van der Waals surface area contributed by atoms with Crippen molar-refractivity contribution >= 4 is 11.9 Å². The van der Waals surface area contributed by atoms with E-state index in [1.165, 1.54) is 0 Å². The molecule has 126 valence electrons. The van der Waals surface area contributed by atoms with Crippen LogP contribution in [0.1, 0.15) is 37.0 Å². The van der Waals surface area contributed by atoms with Gasteiger partial charge in [-0.3, -0.25) is 9.59 Å². The van der Waals surface area contributed by atoms with Gasteiger partial charge in [-0.1, -0.05) is 13.8 Å². The van der Waals surface area contributed by atoms with E-state index in [-0.39, 0.29) is 17.9 Å². The van der Waals surface area contributed by atoms with Crippen LogP contribution in [0.25, 0.3) is 0 Å². The number of aliphatic carboxylic acids is 1. The van der Waals surface area contributed by atoms with Gasteiger partial charge in [0, 0.05) is 12.1 Å². The van der Waals surface area contributed by atoms with Gasteiger partial charge in [0.15, 0.2) is 0 Å². The summed E-state index contributed by atoms with van der Waals surface area (Å²) in [7, 11) is 1.56. The Morgan fingerprint density at radius 2 is 2.04 bits per heavy atom. The SMILES string of the molecule is COc1ccc(C(=O)NC2CC(C(=O)O)C2)c(OCC(C)C)c1. The Hall–Kier alpha value is -2.24. The molecule has 6 heteroatoms. The van der Waals surface area contributed by atoms with Crippen molar-refractivity contribution in [3.8, 4) is 11.5 Å². The Balaban J connectivity index is 2.05. The summed E-state index contributed by atoms with van der Waals surface area (Å²) in [4.78, 5) is 23.2. The van der Waals surface area contributed by atoms with Crippen molar-refractivity contribution in [2.75, 3.05) is 13.7 Å². The van der Waals surface area contributed by atoms with Gasteiger partial charge in [-0.05, 0) is 30.9 Å². The lowest BCUT2D eigenvalue weighted by Crippen LogP contribution is -2.46. The predicted molar refractivity (Wildman–Crippen MR) is 84.9 cm³/mol. The molecule has 2 N–H and O–H groups in total. The summed E-state index contributed by atoms with van der Waals surface area (Å²) in [5, 5.41) is 11.7. The van der Waals surface area contributed by atoms with Gasteiger partial charge >= 0.3 is 5.97 Å². The fourth-order valence-corrected chi connectivity index (χ4v) is 2.39. The van der Waals surface area contributed by atoms with Crippen molar-refractivity contribution in [1.82, 2.24) is 5.32 Å². The van der Waals surface area contributed by atoms with Crippen LogP contribution in [0.2, 0.25) is 0 Å². The molecule has 1 aromatic carbocycles. The second-order valence-corrected chi connectivity index (χ2v) is 6.24. The molecule has 2 rings (SSSR count). The number of benzene rings is 1. The van der Waals surface area contributed by atoms with Gasteiger partial charge in [-0.25, -0.2) is 0 Å². The highest BCUT2D eigenvalue weighted by Gasteiger charge is 2.35. The number of carbonyl (C=O) groups is 2. The van der Waals surface area contributed by atoms with Crippen molar-refractivity contribution in [2.24, 2.45) is 11.8 Å². The number of methoxy groups -OCH3 is 1. The fourth-order valence-electron chi connectivity index (χ4n) is 2.39. The fraction of sp³-hybridized carbons (Fsp3) is 0.529. The number of hydrogen-bond donors (Lipinski definition) is 2. The lowest BCUT2D eigenvalue weighted by Gasteiger charge is -2.33. The number of carboxylic acid groups (broad SMARTS) is 1. The zero-order valence-corrected chi connectivity index (χ0v) is 13.7. The highest BCUT2D eigenvalue weighted by atomic mass is 16.5. The minimum absolute atomic E-state index is 0.0938. The normalized spacial score (nSPS) is 19.8. The Labute approximate surface area is 135 Å². The van der Waals surface area contributed by atoms with Crippen LogP contribution >= 0.6 is 0 Å². The Morgan fingerprint density at radius 3 is 2.61 bits per heavy atom. The van der Waals surface area contributed by atoms with Gasteiger partial charge in [-0.15, -0.1) is 0 Å². The summed E-state index contributed by atoms with van der Waals surface area (Å²) >= 11 is 0. The van der Waals surface area contributed by atoms with Crippen LogP contribution in [0, 0.1) is 11.8 Å². The number of nitrogens with one attached hydrogen (secondary N) is 1. The van der Waals surface area contributed by atoms with Crippen molar-refractivity contribution in [1.29, 1.82) is 0 Å². The van der Waals surface area contributed by atoms with E-state index in [0.29, 0.717) is 42.4 Å². The number of amides is 1. The van der Waals surface area contributed by atoms with E-state index in [1.54, 1.807) is 25.3 Å². The van der Waals surface area contributed by atoms with Crippen LogP contribution in [-0.4, -0.2) is 36.7 Å². The zero-order chi connectivity index (χ0) is 17.0. The molecule has 1 aromatic rings. The molecule has 0 saturated heterocycles. The third-order valence-electron chi connectivity index (χ3n) is 3.83. The summed E-state index contributed by atoms with van der Waals surface area (Å²) in [5.41, 5.74) is 0.435. The molecule has 6 nitrogen and oxygen atoms in total. The Bertz CT molecular complexity index is 578. The highest BCUT2D eigenvalue weighted by Crippen LogP contribution is 2.29. The summed E-state index contributed by atoms with van der Waals surface area (Å²) in [5.74, 6) is 0.0218. The van der Waals surface area contributed by atoms with E-state index < -0.39 is 5.97 Å². The van der Waals surface area contributed by atoms with Crippen molar-refractivity contribution < 1.29 is 24.2 Å². The zero-order valence-electron chi connectivity index (χ0n) is 13.7. The summed E-state index contributed by atoms with van der Waals surface area (Å²) in [6.07, 6.45) is 0.943. The largest absolute Gasteiger partial charge is 0.497 e. The summed E-state index contributed by atoms with van der Waals surface area (Å²) < 4.78 is 10.9. The van der Waals surface area contributed by atoms with Gasteiger partial charge in [0.1, 0.15) is 11.5 Å². The number of ether oxygens (including phenoxy) is 2. The third kappa shape index (κ3) is 4.37. The van der Waals surface area contributed by atoms with Crippen LogP contribution < -0.4 is 14.8 Å². The first-order valence-electron chi connectivity index (χ1n) is 7.75. The van der Waals surface area contributed by atoms with E-state index in [4.69, 9.17) is 14.6 Å². The average molecular weight is 321 g/mol. The second kappa shape index (κ2) is 7.35. The molecule has 0 atom stereocenters. The van der Waals surface area contributed by atoms with Gasteiger partial charge in [-0.2, -0.15) is 0 Å². The van der Waals surface area contributed by atoms with Crippen LogP contribution in [0.5, 0.6) is 11.5 Å². The maximum absolute atomic E-state index is 12.4. The van der Waals surface area contributed by atoms with Crippen LogP contribution in [0.3, 0.4) is 0 Å². The molecule has 1 amide bonds. The van der Waals surface area contributed by atoms with Gasteiger partial charge < -0.3 is 19.9 Å². The lowest BCUT2D eigenvalue weighted by atomic mass is 9.80. The molecule has 1 saturated carbocycles. The molecular weight excluding hydrogens is 298 g/mol. The number of rotatable bonds is 7. The van der Waals surface area contributed by atoms with E-state index in [1.807, 2.05) is 13.8 Å². The number of hydrogen-bond acceptors (Lipinski definition) is 4. The van der Waals surface area contributed by atoms with Crippen molar-refractivity contribution in [3.63, 3.8) is 0 Å². The smallest absolute Gasteiger partial charge is 0.306 e. The number of carboxylic acids is 1. The maximum atomic E-state index is 12.4. The van der Waals surface area contributed by atoms with E-state index >= 15 is 0 Å². The minimum Gasteiger partial charge on any atom is -0.497 e. The van der Waals surface area contributed by atoms with Crippen LogP contribution in [-0.2, 0) is 4.79 Å². The quantitative estimate of drug-likeness (QED) is 0.805. The van der Waals surface area contributed by atoms with E-state index in [0.717, 1.165) is 0 Å². The summed E-state index contributed by atoms with van der Waals surface area (Å²) in [6, 6.07) is 4.97. The Morgan fingerprint density at radius 1 is 1.35 bits per heavy atom. The first kappa shape index (κ1) is 17.1. The molecule has 1 aliphatic rings. The Kier molecular flexibility index (Phi) is 5.47. The molecule has 0 radical (unpaired) electrons. The van der Waals surface area contributed by atoms with Gasteiger partial charge in [0.05, 0.1) is 25.2 Å². The van der Waals surface area contributed by atoms with Gasteiger partial charge in [0.25, 0.3) is 5.91 Å². The summed E-state index contributed by atoms with van der Waals surface area (Å²) in [6.45, 7) is 4.55. The minimum atomic E-state index is -0.805. The van der Waals surface area contributed by atoms with E-state index in [2.05, 4.69) is 5.32 Å². The maximum Gasteiger partial charge on any atom is 0.306 e.